The summed E-state index contributed by atoms with van der Waals surface area (Å²) in [5.41, 5.74) is 7.06. The van der Waals surface area contributed by atoms with Crippen molar-refractivity contribution in [1.29, 1.82) is 0 Å². The minimum absolute atomic E-state index is 0.00790. The number of nitrogens with one attached hydrogen (secondary N) is 1. The molecule has 6 heteroatoms. The molecule has 1 saturated heterocycles. The molecule has 2 atom stereocenters. The molecule has 0 radical (unpaired) electrons. The number of hydrogen-bond acceptors (Lipinski definition) is 3. The summed E-state index contributed by atoms with van der Waals surface area (Å²) in [5.74, 6) is 0.883. The lowest BCUT2D eigenvalue weighted by atomic mass is 9.96. The summed E-state index contributed by atoms with van der Waals surface area (Å²) in [6.07, 6.45) is 3.54. The lowest BCUT2D eigenvalue weighted by Gasteiger charge is -2.27. The molecule has 1 aliphatic heterocycles. The van der Waals surface area contributed by atoms with Crippen molar-refractivity contribution in [3.8, 4) is 5.69 Å². The van der Waals surface area contributed by atoms with Crippen molar-refractivity contribution in [2.24, 2.45) is 0 Å². The van der Waals surface area contributed by atoms with E-state index in [2.05, 4.69) is 76.9 Å². The number of aromatic nitrogens is 2. The van der Waals surface area contributed by atoms with Crippen molar-refractivity contribution in [3.05, 3.63) is 107 Å². The molecule has 5 rings (SSSR count). The van der Waals surface area contributed by atoms with Gasteiger partial charge >= 0.3 is 0 Å². The quantitative estimate of drug-likeness (QED) is 0.410. The van der Waals surface area contributed by atoms with Crippen LogP contribution in [0.25, 0.3) is 5.69 Å². The Kier molecular flexibility index (Phi) is 5.31. The Labute approximate surface area is 193 Å². The number of pyridine rings is 1. The predicted octanol–water partition coefficient (Wildman–Crippen LogP) is 5.56. The van der Waals surface area contributed by atoms with Gasteiger partial charge in [-0.15, -0.1) is 0 Å². The van der Waals surface area contributed by atoms with Gasteiger partial charge in [0.25, 0.3) is 0 Å². The zero-order chi connectivity index (χ0) is 22.2. The zero-order valence-corrected chi connectivity index (χ0v) is 19.3. The van der Waals surface area contributed by atoms with Gasteiger partial charge in [-0.3, -0.25) is 4.98 Å². The molecule has 0 unspecified atom stereocenters. The number of rotatable bonds is 5. The molecule has 0 amide bonds. The molecule has 5 nitrogen and oxygen atoms in total. The average Bonchev–Trinajstić information content (AvgIpc) is 3.49. The van der Waals surface area contributed by atoms with Crippen molar-refractivity contribution in [2.75, 3.05) is 0 Å². The second kappa shape index (κ2) is 8.28. The van der Waals surface area contributed by atoms with Gasteiger partial charge in [-0.25, -0.2) is 0 Å². The summed E-state index contributed by atoms with van der Waals surface area (Å²) in [4.78, 5) is 6.87. The van der Waals surface area contributed by atoms with E-state index in [0.717, 1.165) is 11.5 Å². The van der Waals surface area contributed by atoms with Crippen LogP contribution < -0.4 is 5.32 Å². The van der Waals surface area contributed by atoms with E-state index in [1.165, 1.54) is 28.2 Å². The second-order valence-electron chi connectivity index (χ2n) is 8.28. The predicted molar refractivity (Wildman–Crippen MR) is 130 cm³/mol. The fourth-order valence-corrected chi connectivity index (χ4v) is 5.06. The minimum atomic E-state index is -0.0514. The Morgan fingerprint density at radius 1 is 1.03 bits per heavy atom. The number of thiocarbonyl (C=S) groups is 1. The third-order valence-corrected chi connectivity index (χ3v) is 6.60. The van der Waals surface area contributed by atoms with Gasteiger partial charge < -0.3 is 19.2 Å². The summed E-state index contributed by atoms with van der Waals surface area (Å²) in [6.45, 7) is 7.11. The van der Waals surface area contributed by atoms with Crippen LogP contribution in [-0.4, -0.2) is 19.6 Å². The van der Waals surface area contributed by atoms with E-state index in [1.807, 2.05) is 30.5 Å². The monoisotopic (exact) mass is 442 g/mol. The lowest BCUT2D eigenvalue weighted by molar-refractivity contribution is 0.286. The van der Waals surface area contributed by atoms with Gasteiger partial charge in [-0.05, 0) is 80.5 Å². The SMILES string of the molecule is Cc1ccccc1-n1c(C)cc([C@@H]2[C@H](c3ccccn3)NC(=S)N2Cc2ccco2)c1C. The molecular weight excluding hydrogens is 416 g/mol. The summed E-state index contributed by atoms with van der Waals surface area (Å²) in [5, 5.41) is 4.24. The van der Waals surface area contributed by atoms with Crippen LogP contribution in [0.3, 0.4) is 0 Å². The van der Waals surface area contributed by atoms with Crippen LogP contribution >= 0.6 is 12.2 Å². The van der Waals surface area contributed by atoms with E-state index < -0.39 is 0 Å². The third kappa shape index (κ3) is 3.50. The molecule has 32 heavy (non-hydrogen) atoms. The normalized spacial score (nSPS) is 18.2. The minimum Gasteiger partial charge on any atom is -0.467 e. The standard InChI is InChI=1S/C26H26N4OS/c1-17-9-4-5-12-23(17)30-18(2)15-21(19(30)3)25-24(22-11-6-7-13-27-22)28-26(32)29(25)16-20-10-8-14-31-20/h4-15,24-25H,16H2,1-3H3,(H,28,32)/t24-,25+/m0/s1. The molecule has 0 bridgehead atoms. The number of nitrogens with zero attached hydrogens (tertiary/aromatic N) is 3. The molecule has 4 aromatic rings. The molecule has 0 saturated carbocycles. The lowest BCUT2D eigenvalue weighted by Crippen LogP contribution is -2.29. The van der Waals surface area contributed by atoms with Crippen LogP contribution in [0.5, 0.6) is 0 Å². The van der Waals surface area contributed by atoms with E-state index in [9.17, 15) is 0 Å². The first-order chi connectivity index (χ1) is 15.5. The molecule has 3 aromatic heterocycles. The molecular formula is C26H26N4OS. The van der Waals surface area contributed by atoms with Crippen molar-refractivity contribution in [1.82, 2.24) is 19.8 Å². The van der Waals surface area contributed by atoms with Crippen LogP contribution in [0, 0.1) is 20.8 Å². The van der Waals surface area contributed by atoms with Crippen LogP contribution in [0.2, 0.25) is 0 Å². The van der Waals surface area contributed by atoms with Crippen LogP contribution in [0.15, 0.2) is 77.5 Å². The summed E-state index contributed by atoms with van der Waals surface area (Å²) in [7, 11) is 0. The van der Waals surface area contributed by atoms with Gasteiger partial charge in [-0.2, -0.15) is 0 Å². The third-order valence-electron chi connectivity index (χ3n) is 6.25. The van der Waals surface area contributed by atoms with E-state index in [-0.39, 0.29) is 12.1 Å². The highest BCUT2D eigenvalue weighted by Gasteiger charge is 2.41. The van der Waals surface area contributed by atoms with Crippen molar-refractivity contribution >= 4 is 17.3 Å². The van der Waals surface area contributed by atoms with Crippen LogP contribution in [0.4, 0.5) is 0 Å². The first-order valence-electron chi connectivity index (χ1n) is 10.8. The van der Waals surface area contributed by atoms with Gasteiger partial charge in [0, 0.05) is 23.3 Å². The van der Waals surface area contributed by atoms with E-state index in [4.69, 9.17) is 16.6 Å². The molecule has 1 N–H and O–H groups in total. The molecule has 1 aliphatic rings. The number of hydrogen-bond donors (Lipinski definition) is 1. The molecule has 162 valence electrons. The van der Waals surface area contributed by atoms with Gasteiger partial charge in [-0.1, -0.05) is 24.3 Å². The van der Waals surface area contributed by atoms with Gasteiger partial charge in [0.05, 0.1) is 30.6 Å². The van der Waals surface area contributed by atoms with Crippen molar-refractivity contribution in [2.45, 2.75) is 39.4 Å². The molecule has 4 heterocycles. The summed E-state index contributed by atoms with van der Waals surface area (Å²) < 4.78 is 8.00. The maximum Gasteiger partial charge on any atom is 0.170 e. The van der Waals surface area contributed by atoms with Crippen molar-refractivity contribution < 1.29 is 4.42 Å². The molecule has 1 aromatic carbocycles. The highest BCUT2D eigenvalue weighted by atomic mass is 32.1. The van der Waals surface area contributed by atoms with Gasteiger partial charge in [0.1, 0.15) is 5.76 Å². The topological polar surface area (TPSA) is 46.2 Å². The zero-order valence-electron chi connectivity index (χ0n) is 18.4. The molecule has 0 aliphatic carbocycles. The maximum atomic E-state index is 5.80. The average molecular weight is 443 g/mol. The van der Waals surface area contributed by atoms with Crippen molar-refractivity contribution in [3.63, 3.8) is 0 Å². The first-order valence-corrected chi connectivity index (χ1v) is 11.2. The Morgan fingerprint density at radius 2 is 1.84 bits per heavy atom. The van der Waals surface area contributed by atoms with E-state index in [0.29, 0.717) is 11.7 Å². The van der Waals surface area contributed by atoms with Gasteiger partial charge in [0.15, 0.2) is 5.11 Å². The second-order valence-corrected chi connectivity index (χ2v) is 8.67. The number of benzene rings is 1. The smallest absolute Gasteiger partial charge is 0.170 e. The fourth-order valence-electron chi connectivity index (χ4n) is 4.76. The number of aryl methyl sites for hydroxylation is 2. The van der Waals surface area contributed by atoms with Crippen LogP contribution in [-0.2, 0) is 6.54 Å². The number of para-hydroxylation sites is 1. The summed E-state index contributed by atoms with van der Waals surface area (Å²) in [6, 6.07) is 20.7. The summed E-state index contributed by atoms with van der Waals surface area (Å²) >= 11 is 5.80. The Morgan fingerprint density at radius 3 is 2.56 bits per heavy atom. The first kappa shape index (κ1) is 20.5. The largest absolute Gasteiger partial charge is 0.467 e. The fraction of sp³-hybridized carbons (Fsp3) is 0.231. The molecule has 1 fully saturated rings. The Balaban J connectivity index is 1.64. The Bertz CT molecular complexity index is 1250. The van der Waals surface area contributed by atoms with Crippen LogP contribution in [0.1, 0.15) is 46.1 Å². The van der Waals surface area contributed by atoms with E-state index >= 15 is 0 Å². The van der Waals surface area contributed by atoms with Gasteiger partial charge in [0.2, 0.25) is 0 Å². The Hall–Kier alpha value is -3.38. The molecule has 0 spiro atoms. The van der Waals surface area contributed by atoms with E-state index in [1.54, 1.807) is 6.26 Å². The number of furan rings is 1. The highest BCUT2D eigenvalue weighted by molar-refractivity contribution is 7.80. The highest BCUT2D eigenvalue weighted by Crippen LogP contribution is 2.42. The maximum absolute atomic E-state index is 5.80.